The second-order valence-electron chi connectivity index (χ2n) is 9.18. The van der Waals surface area contributed by atoms with Crippen LogP contribution in [0, 0.1) is 0 Å². The van der Waals surface area contributed by atoms with Crippen molar-refractivity contribution in [2.75, 3.05) is 31.6 Å². The first kappa shape index (κ1) is 27.7. The Bertz CT molecular complexity index is 1170. The van der Waals surface area contributed by atoms with Gasteiger partial charge in [-0.1, -0.05) is 18.2 Å². The summed E-state index contributed by atoms with van der Waals surface area (Å²) in [4.78, 5) is 52.7. The van der Waals surface area contributed by atoms with E-state index in [0.29, 0.717) is 6.54 Å². The van der Waals surface area contributed by atoms with Crippen molar-refractivity contribution >= 4 is 51.5 Å². The molecule has 3 atom stereocenters. The van der Waals surface area contributed by atoms with E-state index in [1.54, 1.807) is 38.9 Å². The van der Waals surface area contributed by atoms with Crippen molar-refractivity contribution in [1.82, 2.24) is 15.1 Å². The summed E-state index contributed by atoms with van der Waals surface area (Å²) < 4.78 is 29.1. The molecule has 4 N–H and O–H groups in total. The van der Waals surface area contributed by atoms with E-state index in [0.717, 1.165) is 0 Å². The highest BCUT2D eigenvalue weighted by Crippen LogP contribution is 2.50. The summed E-state index contributed by atoms with van der Waals surface area (Å²) in [5, 5.41) is 16.9. The molecule has 15 heteroatoms. The molecule has 0 aromatic heterocycles. The number of nitrogens with zero attached hydrogens (tertiary/aromatic N) is 3. The van der Waals surface area contributed by atoms with Gasteiger partial charge in [-0.15, -0.1) is 11.8 Å². The SMILES string of the molecule is CN(C)CCOC(=O)N(c1ccccc1CC(=O)NC1C(=O)N2[C@@H]1SC(C)(C)[C@@H]2C(=O)O)S(N)(=O)=O. The molecule has 0 bridgehead atoms. The van der Waals surface area contributed by atoms with Gasteiger partial charge in [0.1, 0.15) is 24.1 Å². The highest BCUT2D eigenvalue weighted by molar-refractivity contribution is 8.01. The van der Waals surface area contributed by atoms with Gasteiger partial charge in [0, 0.05) is 11.3 Å². The highest BCUT2D eigenvalue weighted by Gasteiger charge is 2.64. The molecule has 2 aliphatic rings. The Kier molecular flexibility index (Phi) is 7.88. The Morgan fingerprint density at radius 3 is 2.47 bits per heavy atom. The van der Waals surface area contributed by atoms with Crippen LogP contribution in [-0.4, -0.2) is 96.7 Å². The predicted molar refractivity (Wildman–Crippen MR) is 131 cm³/mol. The van der Waals surface area contributed by atoms with Gasteiger partial charge in [0.2, 0.25) is 11.8 Å². The third-order valence-corrected chi connectivity index (χ3v) is 8.16. The quantitative estimate of drug-likeness (QED) is 0.346. The maximum absolute atomic E-state index is 12.8. The number of anilines is 1. The lowest BCUT2D eigenvalue weighted by molar-refractivity contribution is -0.161. The molecule has 0 aliphatic carbocycles. The number of likely N-dealkylation sites (N-methyl/N-ethyl adjacent to an activating group) is 1. The number of hydrogen-bond acceptors (Lipinski definition) is 9. The maximum Gasteiger partial charge on any atom is 0.429 e. The third-order valence-electron chi connectivity index (χ3n) is 5.74. The average Bonchev–Trinajstić information content (AvgIpc) is 3.00. The van der Waals surface area contributed by atoms with Crippen LogP contribution in [0.2, 0.25) is 0 Å². The number of carboxylic acid groups (broad SMARTS) is 1. The van der Waals surface area contributed by atoms with E-state index in [1.807, 2.05) is 0 Å². The van der Waals surface area contributed by atoms with Gasteiger partial charge in [-0.05, 0) is 39.6 Å². The van der Waals surface area contributed by atoms with Gasteiger partial charge in [-0.25, -0.2) is 14.7 Å². The molecule has 3 rings (SSSR count). The number of amides is 3. The zero-order valence-electron chi connectivity index (χ0n) is 20.2. The lowest BCUT2D eigenvalue weighted by Gasteiger charge is -2.43. The zero-order valence-corrected chi connectivity index (χ0v) is 21.8. The standard InChI is InChI=1S/C21H29N5O8S2/c1-21(2)16(19(29)30)25-17(28)15(18(25)35-21)23-14(27)11-12-7-5-6-8-13(12)26(36(22,32)33)20(31)34-10-9-24(3)4/h5-8,15-16,18H,9-11H2,1-4H3,(H,23,27)(H,29,30)(H2,22,32,33)/t15?,16-,18+/m0/s1. The molecule has 2 saturated heterocycles. The molecule has 2 fully saturated rings. The van der Waals surface area contributed by atoms with Gasteiger partial charge in [-0.2, -0.15) is 12.7 Å². The smallest absolute Gasteiger partial charge is 0.429 e. The van der Waals surface area contributed by atoms with E-state index in [9.17, 15) is 32.7 Å². The van der Waals surface area contributed by atoms with Crippen LogP contribution in [0.15, 0.2) is 24.3 Å². The fourth-order valence-corrected chi connectivity index (χ4v) is 6.45. The molecule has 13 nitrogen and oxygen atoms in total. The fraction of sp³-hybridized carbons (Fsp3) is 0.524. The number of rotatable bonds is 9. The number of benzene rings is 1. The Labute approximate surface area is 213 Å². The van der Waals surface area contributed by atoms with Crippen LogP contribution in [-0.2, 0) is 35.8 Å². The molecule has 0 saturated carbocycles. The van der Waals surface area contributed by atoms with Crippen molar-refractivity contribution in [2.45, 2.75) is 42.5 Å². The number of para-hydroxylation sites is 1. The summed E-state index contributed by atoms with van der Waals surface area (Å²) >= 11 is 1.28. The Morgan fingerprint density at radius 2 is 1.89 bits per heavy atom. The molecule has 0 radical (unpaired) electrons. The number of thioether (sulfide) groups is 1. The van der Waals surface area contributed by atoms with Crippen LogP contribution < -0.4 is 14.8 Å². The molecule has 3 amide bonds. The first-order valence-electron chi connectivity index (χ1n) is 10.9. The molecule has 36 heavy (non-hydrogen) atoms. The molecule has 2 heterocycles. The van der Waals surface area contributed by atoms with Crippen molar-refractivity contribution < 1.29 is 37.4 Å². The highest BCUT2D eigenvalue weighted by atomic mass is 32.2. The summed E-state index contributed by atoms with van der Waals surface area (Å²) in [6.07, 6.45) is -1.60. The Balaban J connectivity index is 1.76. The molecular weight excluding hydrogens is 514 g/mol. The Hall–Kier alpha value is -2.88. The number of carboxylic acids is 1. The molecule has 1 aromatic rings. The lowest BCUT2D eigenvalue weighted by Crippen LogP contribution is -2.70. The molecule has 198 valence electrons. The van der Waals surface area contributed by atoms with Crippen molar-refractivity contribution in [3.05, 3.63) is 29.8 Å². The topological polar surface area (TPSA) is 180 Å². The van der Waals surface area contributed by atoms with Crippen molar-refractivity contribution in [1.29, 1.82) is 0 Å². The van der Waals surface area contributed by atoms with Crippen LogP contribution in [0.4, 0.5) is 10.5 Å². The summed E-state index contributed by atoms with van der Waals surface area (Å²) in [6, 6.07) is 3.83. The van der Waals surface area contributed by atoms with E-state index < -0.39 is 56.3 Å². The van der Waals surface area contributed by atoms with Crippen molar-refractivity contribution in [2.24, 2.45) is 5.14 Å². The van der Waals surface area contributed by atoms with Gasteiger partial charge < -0.3 is 25.0 Å². The first-order valence-corrected chi connectivity index (χ1v) is 13.3. The normalized spacial score (nSPS) is 22.6. The van der Waals surface area contributed by atoms with Crippen LogP contribution in [0.5, 0.6) is 0 Å². The number of hydrogen-bond donors (Lipinski definition) is 3. The lowest BCUT2D eigenvalue weighted by atomic mass is 9.96. The number of carbonyl (C=O) groups is 4. The second kappa shape index (κ2) is 10.2. The van der Waals surface area contributed by atoms with E-state index in [-0.39, 0.29) is 28.6 Å². The van der Waals surface area contributed by atoms with Gasteiger partial charge in [0.15, 0.2) is 0 Å². The summed E-state index contributed by atoms with van der Waals surface area (Å²) in [7, 11) is -1.10. The molecular formula is C21H29N5O8S2. The molecule has 1 aromatic carbocycles. The minimum absolute atomic E-state index is 0.0897. The van der Waals surface area contributed by atoms with Crippen LogP contribution in [0.1, 0.15) is 19.4 Å². The van der Waals surface area contributed by atoms with Crippen LogP contribution in [0.3, 0.4) is 0 Å². The number of nitrogens with one attached hydrogen (secondary N) is 1. The fourth-order valence-electron chi connectivity index (χ4n) is 4.11. The molecule has 2 aliphatic heterocycles. The van der Waals surface area contributed by atoms with Crippen molar-refractivity contribution in [3.8, 4) is 0 Å². The van der Waals surface area contributed by atoms with Gasteiger partial charge in [-0.3, -0.25) is 9.59 Å². The largest absolute Gasteiger partial charge is 0.480 e. The minimum atomic E-state index is -4.60. The van der Waals surface area contributed by atoms with Crippen LogP contribution in [0.25, 0.3) is 0 Å². The van der Waals surface area contributed by atoms with E-state index in [2.05, 4.69) is 5.32 Å². The van der Waals surface area contributed by atoms with E-state index >= 15 is 0 Å². The summed E-state index contributed by atoms with van der Waals surface area (Å²) in [5.41, 5.74) is -0.00564. The second-order valence-corrected chi connectivity index (χ2v) is 12.3. The maximum atomic E-state index is 12.8. The number of aliphatic carboxylic acids is 1. The minimum Gasteiger partial charge on any atom is -0.480 e. The monoisotopic (exact) mass is 543 g/mol. The summed E-state index contributed by atoms with van der Waals surface area (Å²) in [5.74, 6) is -2.25. The molecule has 0 spiro atoms. The number of β-lactam (4-membered cyclic amide) rings is 1. The number of ether oxygens (including phenoxy) is 1. The summed E-state index contributed by atoms with van der Waals surface area (Å²) in [6.45, 7) is 3.69. The Morgan fingerprint density at radius 1 is 1.25 bits per heavy atom. The van der Waals surface area contributed by atoms with E-state index in [4.69, 9.17) is 9.88 Å². The van der Waals surface area contributed by atoms with Crippen LogP contribution >= 0.6 is 11.8 Å². The number of nitrogens with two attached hydrogens (primary N) is 1. The van der Waals surface area contributed by atoms with E-state index in [1.165, 1.54) is 34.9 Å². The van der Waals surface area contributed by atoms with Gasteiger partial charge in [0.05, 0.1) is 12.1 Å². The number of fused-ring (bicyclic) bond motifs is 1. The third kappa shape index (κ3) is 5.58. The van der Waals surface area contributed by atoms with Crippen molar-refractivity contribution in [3.63, 3.8) is 0 Å². The zero-order chi connectivity index (χ0) is 27.0. The van der Waals surface area contributed by atoms with Gasteiger partial charge in [0.25, 0.3) is 0 Å². The number of carbonyl (C=O) groups excluding carboxylic acids is 3. The molecule has 1 unspecified atom stereocenters. The predicted octanol–water partition coefficient (Wildman–Crippen LogP) is -0.431. The van der Waals surface area contributed by atoms with Gasteiger partial charge >= 0.3 is 22.3 Å². The first-order chi connectivity index (χ1) is 16.6. The average molecular weight is 544 g/mol.